The van der Waals surface area contributed by atoms with Gasteiger partial charge in [-0.2, -0.15) is 0 Å². The van der Waals surface area contributed by atoms with E-state index in [1.807, 2.05) is 0 Å². The van der Waals surface area contributed by atoms with Crippen LogP contribution in [-0.2, 0) is 28.8 Å². The summed E-state index contributed by atoms with van der Waals surface area (Å²) in [5, 5.41) is 0. The molecule has 0 bridgehead atoms. The average molecular weight is 459 g/mol. The van der Waals surface area contributed by atoms with Crippen LogP contribution >= 0.6 is 0 Å². The number of carbonyl (C=O) groups excluding carboxylic acids is 6. The van der Waals surface area contributed by atoms with Crippen molar-refractivity contribution in [1.29, 1.82) is 0 Å². The van der Waals surface area contributed by atoms with Crippen LogP contribution in [0.1, 0.15) is 60.8 Å². The molecule has 6 nitrogen and oxygen atoms in total. The van der Waals surface area contributed by atoms with Gasteiger partial charge >= 0.3 is 0 Å². The molecular formula is C15H24O6Tb. The topological polar surface area (TPSA) is 102 Å². The third kappa shape index (κ3) is 50.6. The van der Waals surface area contributed by atoms with Gasteiger partial charge < -0.3 is 0 Å². The van der Waals surface area contributed by atoms with Crippen molar-refractivity contribution < 1.29 is 67.4 Å². The van der Waals surface area contributed by atoms with Gasteiger partial charge in [-0.25, -0.2) is 0 Å². The Labute approximate surface area is 162 Å². The zero-order valence-corrected chi connectivity index (χ0v) is 16.0. The van der Waals surface area contributed by atoms with Gasteiger partial charge in [0, 0.05) is 38.6 Å². The molecular weight excluding hydrogens is 435 g/mol. The number of rotatable bonds is 6. The number of hydrogen-bond donors (Lipinski definition) is 0. The number of hydrogen-bond acceptors (Lipinski definition) is 6. The van der Waals surface area contributed by atoms with E-state index >= 15 is 0 Å². The Kier molecular flexibility index (Phi) is 24.5. The van der Waals surface area contributed by atoms with Gasteiger partial charge in [0.2, 0.25) is 0 Å². The van der Waals surface area contributed by atoms with Crippen LogP contribution in [0.2, 0.25) is 0 Å². The molecule has 0 saturated carbocycles. The minimum Gasteiger partial charge on any atom is -0.300 e. The van der Waals surface area contributed by atoms with Gasteiger partial charge in [0.05, 0.1) is 19.3 Å². The molecule has 0 aliphatic heterocycles. The van der Waals surface area contributed by atoms with Crippen LogP contribution in [-0.4, -0.2) is 34.7 Å². The summed E-state index contributed by atoms with van der Waals surface area (Å²) in [6, 6.07) is 0. The van der Waals surface area contributed by atoms with E-state index in [1.165, 1.54) is 41.5 Å². The molecule has 0 aromatic heterocycles. The normalized spacial score (nSPS) is 7.91. The molecule has 0 atom stereocenters. The molecule has 0 spiro atoms. The Bertz CT molecular complexity index is 314. The summed E-state index contributed by atoms with van der Waals surface area (Å²) in [7, 11) is 0. The van der Waals surface area contributed by atoms with E-state index in [4.69, 9.17) is 0 Å². The molecule has 0 heterocycles. The maximum absolute atomic E-state index is 10.0. The van der Waals surface area contributed by atoms with E-state index in [1.54, 1.807) is 0 Å². The fourth-order valence-corrected chi connectivity index (χ4v) is 1.05. The molecule has 0 aromatic rings. The van der Waals surface area contributed by atoms with Crippen LogP contribution in [0, 0.1) is 38.6 Å². The molecule has 0 amide bonds. The molecule has 0 unspecified atom stereocenters. The Balaban J connectivity index is -0.000000108. The van der Waals surface area contributed by atoms with Gasteiger partial charge in [-0.1, -0.05) is 0 Å². The summed E-state index contributed by atoms with van der Waals surface area (Å²) in [5.41, 5.74) is 0. The largest absolute Gasteiger partial charge is 0.300 e. The van der Waals surface area contributed by atoms with Crippen LogP contribution in [0.5, 0.6) is 0 Å². The monoisotopic (exact) mass is 459 g/mol. The average Bonchev–Trinajstić information content (AvgIpc) is 2.10. The first-order valence-corrected chi connectivity index (χ1v) is 6.35. The summed E-state index contributed by atoms with van der Waals surface area (Å²) in [6.45, 7) is 8.42. The standard InChI is InChI=1S/3C5H8O2.Tb/c3*1-4(6)3-5(2)7;/h3*3H2,1-2H3;. The van der Waals surface area contributed by atoms with Crippen LogP contribution in [0.4, 0.5) is 0 Å². The van der Waals surface area contributed by atoms with Crippen molar-refractivity contribution in [3.05, 3.63) is 0 Å². The molecule has 0 aromatic carbocycles. The molecule has 1 radical (unpaired) electrons. The predicted molar refractivity (Wildman–Crippen MR) is 77.9 cm³/mol. The fraction of sp³-hybridized carbons (Fsp3) is 0.600. The van der Waals surface area contributed by atoms with Gasteiger partial charge in [0.25, 0.3) is 0 Å². The second-order valence-electron chi connectivity index (χ2n) is 4.74. The molecule has 0 aliphatic rings. The van der Waals surface area contributed by atoms with Crippen LogP contribution in [0.3, 0.4) is 0 Å². The Morgan fingerprint density at radius 3 is 0.500 bits per heavy atom. The Morgan fingerprint density at radius 1 is 0.409 bits per heavy atom. The SMILES string of the molecule is CC(=O)CC(C)=O.CC(=O)CC(C)=O.CC(=O)CC(C)=O.[Tb]. The fourth-order valence-electron chi connectivity index (χ4n) is 1.05. The van der Waals surface area contributed by atoms with Crippen molar-refractivity contribution in [2.24, 2.45) is 0 Å². The first kappa shape index (κ1) is 29.3. The molecule has 22 heavy (non-hydrogen) atoms. The second kappa shape index (κ2) is 18.4. The number of carbonyl (C=O) groups is 6. The third-order valence-electron chi connectivity index (χ3n) is 1.49. The molecule has 0 N–H and O–H groups in total. The van der Waals surface area contributed by atoms with Crippen LogP contribution in [0.25, 0.3) is 0 Å². The molecule has 0 saturated heterocycles. The van der Waals surface area contributed by atoms with Gasteiger partial charge in [0.1, 0.15) is 34.7 Å². The van der Waals surface area contributed by atoms with Gasteiger partial charge in [-0.15, -0.1) is 0 Å². The van der Waals surface area contributed by atoms with Gasteiger partial charge in [-0.05, 0) is 41.5 Å². The van der Waals surface area contributed by atoms with Crippen molar-refractivity contribution in [2.75, 3.05) is 0 Å². The summed E-state index contributed by atoms with van der Waals surface area (Å²) in [5.74, 6) is -0.375. The minimum atomic E-state index is -0.0625. The van der Waals surface area contributed by atoms with Crippen molar-refractivity contribution in [1.82, 2.24) is 0 Å². The zero-order valence-electron chi connectivity index (χ0n) is 13.9. The van der Waals surface area contributed by atoms with Crippen molar-refractivity contribution in [3.8, 4) is 0 Å². The summed E-state index contributed by atoms with van der Waals surface area (Å²) >= 11 is 0. The maximum atomic E-state index is 10.0. The van der Waals surface area contributed by atoms with E-state index in [9.17, 15) is 28.8 Å². The first-order chi connectivity index (χ1) is 9.38. The quantitative estimate of drug-likeness (QED) is 0.560. The van der Waals surface area contributed by atoms with E-state index in [2.05, 4.69) is 0 Å². The Morgan fingerprint density at radius 2 is 0.500 bits per heavy atom. The summed E-state index contributed by atoms with van der Waals surface area (Å²) in [4.78, 5) is 60.2. The van der Waals surface area contributed by atoms with Crippen LogP contribution in [0.15, 0.2) is 0 Å². The molecule has 129 valence electrons. The smallest absolute Gasteiger partial charge is 0.137 e. The van der Waals surface area contributed by atoms with Crippen molar-refractivity contribution in [3.63, 3.8) is 0 Å². The summed E-state index contributed by atoms with van der Waals surface area (Å²) in [6.07, 6.45) is 0.250. The Hall–Kier alpha value is -0.694. The van der Waals surface area contributed by atoms with Crippen molar-refractivity contribution in [2.45, 2.75) is 60.8 Å². The van der Waals surface area contributed by atoms with E-state index < -0.39 is 0 Å². The molecule has 7 heteroatoms. The van der Waals surface area contributed by atoms with E-state index in [0.29, 0.717) is 0 Å². The van der Waals surface area contributed by atoms with E-state index in [0.717, 1.165) is 0 Å². The molecule has 0 aliphatic carbocycles. The maximum Gasteiger partial charge on any atom is 0.137 e. The summed E-state index contributed by atoms with van der Waals surface area (Å²) < 4.78 is 0. The number of ketones is 6. The molecule has 0 fully saturated rings. The van der Waals surface area contributed by atoms with Gasteiger partial charge in [-0.3, -0.25) is 28.8 Å². The predicted octanol–water partition coefficient (Wildman–Crippen LogP) is 1.66. The number of Topliss-reactive ketones (excluding diaryl/α,β-unsaturated/α-hetero) is 6. The molecule has 0 rings (SSSR count). The zero-order chi connectivity index (χ0) is 17.6. The minimum absolute atomic E-state index is 0. The second-order valence-corrected chi connectivity index (χ2v) is 4.74. The third-order valence-corrected chi connectivity index (χ3v) is 1.49. The van der Waals surface area contributed by atoms with Crippen LogP contribution < -0.4 is 0 Å². The van der Waals surface area contributed by atoms with Gasteiger partial charge in [0.15, 0.2) is 0 Å². The van der Waals surface area contributed by atoms with E-state index in [-0.39, 0.29) is 92.6 Å². The first-order valence-electron chi connectivity index (χ1n) is 6.35. The van der Waals surface area contributed by atoms with Crippen molar-refractivity contribution >= 4 is 34.7 Å².